The minimum absolute atomic E-state index is 0.0398. The number of carboxylic acid groups (broad SMARTS) is 1. The summed E-state index contributed by atoms with van der Waals surface area (Å²) in [5.74, 6) is -1.99. The molecule has 1 aliphatic rings. The van der Waals surface area contributed by atoms with Crippen LogP contribution < -0.4 is 5.32 Å². The highest BCUT2D eigenvalue weighted by atomic mass is 19.1. The van der Waals surface area contributed by atoms with Crippen LogP contribution in [0.3, 0.4) is 0 Å². The summed E-state index contributed by atoms with van der Waals surface area (Å²) < 4.78 is 52.7. The number of amides is 1. The topological polar surface area (TPSA) is 75.6 Å². The van der Waals surface area contributed by atoms with Crippen LogP contribution in [0.2, 0.25) is 0 Å². The fourth-order valence-corrected chi connectivity index (χ4v) is 2.90. The Bertz CT molecular complexity index is 874. The second-order valence-electron chi connectivity index (χ2n) is 5.37. The van der Waals surface area contributed by atoms with Gasteiger partial charge in [-0.3, -0.25) is 4.39 Å². The lowest BCUT2D eigenvalue weighted by Gasteiger charge is -2.16. The molecule has 2 aromatic rings. The molecule has 0 spiro atoms. The van der Waals surface area contributed by atoms with Crippen molar-refractivity contribution in [3.05, 3.63) is 59.7 Å². The third-order valence-corrected chi connectivity index (χ3v) is 3.99. The van der Waals surface area contributed by atoms with Gasteiger partial charge in [-0.1, -0.05) is 48.5 Å². The summed E-state index contributed by atoms with van der Waals surface area (Å²) in [6, 6.07) is 12.7. The van der Waals surface area contributed by atoms with E-state index in [1.54, 1.807) is 5.32 Å². The van der Waals surface area contributed by atoms with Gasteiger partial charge in [-0.2, -0.15) is 0 Å². The van der Waals surface area contributed by atoms with Gasteiger partial charge >= 0.3 is 12.1 Å². The summed E-state index contributed by atoms with van der Waals surface area (Å²) in [6.45, 7) is -1.60. The number of aliphatic carboxylic acids is 1. The van der Waals surface area contributed by atoms with E-state index >= 15 is 0 Å². The fraction of sp³-hybridized carbons (Fsp3) is 0.263. The van der Waals surface area contributed by atoms with Crippen LogP contribution in [0, 0.1) is 0 Å². The monoisotopic (exact) mass is 367 g/mol. The standard InChI is InChI=1S/C18H16FNO4.CH3F/c19-9-16(17(21)22)20-18(23)24-10-15-13-7-3-1-5-11(13)12-6-2-4-8-14(12)15;1-2/h1-8,15-16H,9-10H2,(H,20,23)(H,21,22);1H3/t16-;/m0./s1/i16D;1D3. The van der Waals surface area contributed by atoms with Crippen LogP contribution in [-0.4, -0.2) is 43.6 Å². The van der Waals surface area contributed by atoms with Crippen molar-refractivity contribution in [1.29, 1.82) is 0 Å². The van der Waals surface area contributed by atoms with Gasteiger partial charge in [-0.05, 0) is 22.3 Å². The van der Waals surface area contributed by atoms with Crippen molar-refractivity contribution in [3.63, 3.8) is 0 Å². The molecule has 26 heavy (non-hydrogen) atoms. The van der Waals surface area contributed by atoms with Crippen LogP contribution in [0.1, 0.15) is 22.5 Å². The van der Waals surface area contributed by atoms with Gasteiger partial charge in [-0.15, -0.1) is 0 Å². The SMILES string of the molecule is [2H]C([2H])([2H])F.[2H][C@@](CF)(NC(=O)OCC1c2ccccc2-c2ccccc21)C(=O)O. The second-order valence-corrected chi connectivity index (χ2v) is 5.37. The zero-order chi connectivity index (χ0) is 22.5. The first kappa shape index (κ1) is 14.2. The third-order valence-electron chi connectivity index (χ3n) is 3.99. The number of carbonyl (C=O) groups is 2. The molecule has 5 nitrogen and oxygen atoms in total. The predicted octanol–water partition coefficient (Wildman–Crippen LogP) is 3.53. The largest absolute Gasteiger partial charge is 0.480 e. The van der Waals surface area contributed by atoms with E-state index in [1.165, 1.54) is 0 Å². The number of carbonyl (C=O) groups excluding carboxylic acids is 1. The van der Waals surface area contributed by atoms with E-state index in [0.717, 1.165) is 22.3 Å². The molecule has 2 N–H and O–H groups in total. The third kappa shape index (κ3) is 3.99. The molecule has 1 amide bonds. The van der Waals surface area contributed by atoms with Gasteiger partial charge in [-0.25, -0.2) is 14.0 Å². The Labute approximate surface area is 155 Å². The quantitative estimate of drug-likeness (QED) is 0.848. The van der Waals surface area contributed by atoms with Crippen LogP contribution in [0.25, 0.3) is 11.1 Å². The number of rotatable bonds is 5. The summed E-state index contributed by atoms with van der Waals surface area (Å²) in [5, 5.41) is 10.6. The van der Waals surface area contributed by atoms with E-state index < -0.39 is 31.9 Å². The van der Waals surface area contributed by atoms with Gasteiger partial charge in [0.1, 0.15) is 13.3 Å². The maximum atomic E-state index is 12.7. The average molecular weight is 367 g/mol. The van der Waals surface area contributed by atoms with Gasteiger partial charge in [0.2, 0.25) is 0 Å². The molecule has 0 radical (unpaired) electrons. The number of nitrogens with one attached hydrogen (secondary N) is 1. The summed E-state index contributed by atoms with van der Waals surface area (Å²) >= 11 is 0. The number of hydrogen-bond acceptors (Lipinski definition) is 3. The average Bonchev–Trinajstić information content (AvgIpc) is 2.99. The molecule has 7 heteroatoms. The number of benzene rings is 2. The number of carboxylic acids is 1. The Kier molecular flexibility index (Phi) is 4.89. The predicted molar refractivity (Wildman–Crippen MR) is 92.6 cm³/mol. The molecule has 0 heterocycles. The van der Waals surface area contributed by atoms with E-state index in [9.17, 15) is 18.4 Å². The van der Waals surface area contributed by atoms with E-state index in [4.69, 9.17) is 15.3 Å². The van der Waals surface area contributed by atoms with Gasteiger partial charge in [0.15, 0.2) is 6.02 Å². The van der Waals surface area contributed by atoms with Crippen molar-refractivity contribution >= 4 is 12.1 Å². The van der Waals surface area contributed by atoms with Crippen LogP contribution in [0.15, 0.2) is 48.5 Å². The smallest absolute Gasteiger partial charge is 0.407 e. The molecule has 0 aromatic heterocycles. The Morgan fingerprint density at radius 3 is 2.19 bits per heavy atom. The molecule has 0 aliphatic heterocycles. The summed E-state index contributed by atoms with van der Waals surface area (Å²) in [7, 11) is -3.25. The number of hydrogen-bond donors (Lipinski definition) is 2. The highest BCUT2D eigenvalue weighted by Gasteiger charge is 2.29. The number of halogens is 2. The zero-order valence-corrected chi connectivity index (χ0v) is 13.5. The first-order valence-corrected chi connectivity index (χ1v) is 7.57. The maximum Gasteiger partial charge on any atom is 0.407 e. The summed E-state index contributed by atoms with van der Waals surface area (Å²) in [6.07, 6.45) is -1.14. The Hall–Kier alpha value is -2.96. The van der Waals surface area contributed by atoms with Crippen molar-refractivity contribution < 1.29 is 33.7 Å². The summed E-state index contributed by atoms with van der Waals surface area (Å²) in [5.41, 5.74) is 4.10. The molecular weight excluding hydrogens is 344 g/mol. The first-order chi connectivity index (χ1) is 14.0. The highest BCUT2D eigenvalue weighted by Crippen LogP contribution is 2.44. The highest BCUT2D eigenvalue weighted by molar-refractivity contribution is 5.81. The van der Waals surface area contributed by atoms with Gasteiger partial charge in [0.05, 0.1) is 12.6 Å². The molecule has 0 saturated heterocycles. The van der Waals surface area contributed by atoms with Crippen LogP contribution in [0.4, 0.5) is 13.6 Å². The van der Waals surface area contributed by atoms with Crippen molar-refractivity contribution in [2.45, 2.75) is 11.9 Å². The summed E-state index contributed by atoms with van der Waals surface area (Å²) in [4.78, 5) is 22.7. The van der Waals surface area contributed by atoms with E-state index in [-0.39, 0.29) is 12.5 Å². The van der Waals surface area contributed by atoms with Gasteiger partial charge in [0.25, 0.3) is 0 Å². The molecule has 0 unspecified atom stereocenters. The molecule has 2 aromatic carbocycles. The molecular formula is C19H19F2NO4. The number of alkyl carbamates (subject to hydrolysis) is 1. The van der Waals surface area contributed by atoms with Gasteiger partial charge < -0.3 is 15.2 Å². The Morgan fingerprint density at radius 2 is 1.73 bits per heavy atom. The normalized spacial score (nSPS) is 16.8. The van der Waals surface area contributed by atoms with E-state index in [0.29, 0.717) is 0 Å². The molecule has 1 aliphatic carbocycles. The van der Waals surface area contributed by atoms with Crippen LogP contribution >= 0.6 is 0 Å². The molecule has 0 fully saturated rings. The minimum Gasteiger partial charge on any atom is -0.480 e. The van der Waals surface area contributed by atoms with Crippen LogP contribution in [0.5, 0.6) is 0 Å². The zero-order valence-electron chi connectivity index (χ0n) is 17.5. The van der Waals surface area contributed by atoms with Crippen molar-refractivity contribution in [2.24, 2.45) is 0 Å². The lowest BCUT2D eigenvalue weighted by molar-refractivity contribution is -0.139. The number of fused-ring (bicyclic) bond motifs is 3. The van der Waals surface area contributed by atoms with Crippen LogP contribution in [-0.2, 0) is 9.53 Å². The van der Waals surface area contributed by atoms with Gasteiger partial charge in [0, 0.05) is 5.92 Å². The first-order valence-electron chi connectivity index (χ1n) is 9.57. The molecule has 3 rings (SSSR count). The molecule has 138 valence electrons. The lowest BCUT2D eigenvalue weighted by Crippen LogP contribution is -2.42. The molecule has 0 bridgehead atoms. The van der Waals surface area contributed by atoms with E-state index in [1.807, 2.05) is 48.5 Å². The minimum atomic E-state index is -3.25. The van der Waals surface area contributed by atoms with Crippen molar-refractivity contribution in [3.8, 4) is 11.1 Å². The maximum absolute atomic E-state index is 12.7. The van der Waals surface area contributed by atoms with Crippen molar-refractivity contribution in [2.75, 3.05) is 20.4 Å². The Balaban J connectivity index is 0.000000575. The Morgan fingerprint density at radius 1 is 1.23 bits per heavy atom. The number of alkyl halides is 2. The lowest BCUT2D eigenvalue weighted by atomic mass is 9.98. The van der Waals surface area contributed by atoms with E-state index in [2.05, 4.69) is 0 Å². The number of ether oxygens (including phenoxy) is 1. The molecule has 1 atom stereocenters. The van der Waals surface area contributed by atoms with Crippen molar-refractivity contribution in [1.82, 2.24) is 5.32 Å². The fourth-order valence-electron chi connectivity index (χ4n) is 2.90. The second kappa shape index (κ2) is 8.94. The molecule has 0 saturated carbocycles.